The van der Waals surface area contributed by atoms with Crippen molar-refractivity contribution in [2.45, 2.75) is 25.3 Å². The van der Waals surface area contributed by atoms with Gasteiger partial charge in [-0.25, -0.2) is 13.8 Å². The topological polar surface area (TPSA) is 25.4 Å². The van der Waals surface area contributed by atoms with E-state index in [1.807, 2.05) is 11.0 Å². The maximum atomic E-state index is 13.1. The number of halogens is 3. The lowest BCUT2D eigenvalue weighted by Gasteiger charge is -2.32. The third-order valence-electron chi connectivity index (χ3n) is 3.12. The molecule has 2 heterocycles. The lowest BCUT2D eigenvalue weighted by molar-refractivity contribution is -0.0567. The quantitative estimate of drug-likeness (QED) is 0.768. The van der Waals surface area contributed by atoms with Gasteiger partial charge in [-0.2, -0.15) is 0 Å². The van der Waals surface area contributed by atoms with E-state index in [0.717, 1.165) is 9.13 Å². The lowest BCUT2D eigenvalue weighted by Crippen LogP contribution is -2.39. The van der Waals surface area contributed by atoms with Crippen molar-refractivity contribution in [2.24, 2.45) is 0 Å². The Morgan fingerprint density at radius 3 is 2.72 bits per heavy atom. The molecule has 1 aromatic rings. The molecule has 2 rings (SSSR count). The molecule has 0 saturated carbocycles. The minimum absolute atomic E-state index is 0.0633. The van der Waals surface area contributed by atoms with Crippen molar-refractivity contribution < 1.29 is 13.5 Å². The highest BCUT2D eigenvalue weighted by atomic mass is 127. The molecule has 1 aliphatic rings. The van der Waals surface area contributed by atoms with Crippen LogP contribution in [0.15, 0.2) is 12.3 Å². The highest BCUT2D eigenvalue weighted by molar-refractivity contribution is 14.1. The largest absolute Gasteiger partial charge is 0.481 e. The van der Waals surface area contributed by atoms with Gasteiger partial charge >= 0.3 is 0 Å². The van der Waals surface area contributed by atoms with Gasteiger partial charge in [0.15, 0.2) is 0 Å². The molecule has 0 bridgehead atoms. The average molecular weight is 368 g/mol. The fourth-order valence-corrected chi connectivity index (χ4v) is 2.59. The van der Waals surface area contributed by atoms with Gasteiger partial charge in [-0.15, -0.1) is 0 Å². The first kappa shape index (κ1) is 13.9. The number of pyridine rings is 1. The minimum Gasteiger partial charge on any atom is -0.481 e. The number of piperidine rings is 1. The van der Waals surface area contributed by atoms with Crippen molar-refractivity contribution in [2.75, 3.05) is 20.2 Å². The predicted octanol–water partition coefficient (Wildman–Crippen LogP) is 2.93. The number of alkyl halides is 2. The lowest BCUT2D eigenvalue weighted by atomic mass is 10.1. The molecule has 18 heavy (non-hydrogen) atoms. The number of rotatable bonds is 3. The highest BCUT2D eigenvalue weighted by Gasteiger charge is 2.34. The molecule has 100 valence electrons. The fourth-order valence-electron chi connectivity index (χ4n) is 2.03. The van der Waals surface area contributed by atoms with E-state index in [2.05, 4.69) is 27.6 Å². The van der Waals surface area contributed by atoms with Crippen LogP contribution in [0.1, 0.15) is 18.4 Å². The molecule has 0 aromatic carbocycles. The highest BCUT2D eigenvalue weighted by Crippen LogP contribution is 2.30. The Kier molecular flexibility index (Phi) is 4.37. The first-order valence-corrected chi connectivity index (χ1v) is 6.87. The van der Waals surface area contributed by atoms with E-state index in [1.54, 1.807) is 13.3 Å². The maximum Gasteiger partial charge on any atom is 0.250 e. The van der Waals surface area contributed by atoms with Gasteiger partial charge in [0.2, 0.25) is 5.88 Å². The number of aromatic nitrogens is 1. The Morgan fingerprint density at radius 1 is 1.44 bits per heavy atom. The second kappa shape index (κ2) is 5.64. The van der Waals surface area contributed by atoms with E-state index in [4.69, 9.17) is 4.74 Å². The molecule has 0 aliphatic carbocycles. The summed E-state index contributed by atoms with van der Waals surface area (Å²) in [6.07, 6.45) is 1.56. The molecule has 0 amide bonds. The summed E-state index contributed by atoms with van der Waals surface area (Å²) in [6, 6.07) is 1.90. The van der Waals surface area contributed by atoms with Crippen LogP contribution in [0.3, 0.4) is 0 Å². The molecule has 1 fully saturated rings. The fraction of sp³-hybridized carbons (Fsp3) is 0.583. The molecule has 6 heteroatoms. The van der Waals surface area contributed by atoms with Gasteiger partial charge in [0.1, 0.15) is 0 Å². The van der Waals surface area contributed by atoms with Crippen molar-refractivity contribution in [1.82, 2.24) is 9.88 Å². The van der Waals surface area contributed by atoms with Gasteiger partial charge in [-0.3, -0.25) is 4.90 Å². The van der Waals surface area contributed by atoms with E-state index in [1.165, 1.54) is 0 Å². The summed E-state index contributed by atoms with van der Waals surface area (Å²) in [6.45, 7) is 1.45. The van der Waals surface area contributed by atoms with Crippen LogP contribution in [0.5, 0.6) is 5.88 Å². The molecule has 0 radical (unpaired) electrons. The molecule has 3 nitrogen and oxygen atoms in total. The second-order valence-electron chi connectivity index (χ2n) is 4.41. The zero-order chi connectivity index (χ0) is 13.2. The van der Waals surface area contributed by atoms with Crippen molar-refractivity contribution in [3.05, 3.63) is 21.4 Å². The van der Waals surface area contributed by atoms with Crippen LogP contribution < -0.4 is 4.74 Å². The van der Waals surface area contributed by atoms with Crippen LogP contribution in [0, 0.1) is 3.57 Å². The third kappa shape index (κ3) is 3.28. The Morgan fingerprint density at radius 2 is 2.11 bits per heavy atom. The van der Waals surface area contributed by atoms with E-state index in [-0.39, 0.29) is 12.8 Å². The molecule has 1 aliphatic heterocycles. The van der Waals surface area contributed by atoms with E-state index in [0.29, 0.717) is 25.5 Å². The van der Waals surface area contributed by atoms with Crippen molar-refractivity contribution in [3.8, 4) is 5.88 Å². The second-order valence-corrected chi connectivity index (χ2v) is 5.57. The van der Waals surface area contributed by atoms with E-state index >= 15 is 0 Å². The third-order valence-corrected chi connectivity index (χ3v) is 4.13. The van der Waals surface area contributed by atoms with Gasteiger partial charge in [0.25, 0.3) is 5.92 Å². The van der Waals surface area contributed by atoms with Gasteiger partial charge < -0.3 is 4.74 Å². The van der Waals surface area contributed by atoms with Crippen molar-refractivity contribution >= 4 is 22.6 Å². The summed E-state index contributed by atoms with van der Waals surface area (Å²) in [4.78, 5) is 6.18. The molecule has 0 spiro atoms. The normalized spacial score (nSPS) is 19.8. The van der Waals surface area contributed by atoms with Gasteiger partial charge in [-0.1, -0.05) is 0 Å². The Bertz CT molecular complexity index is 419. The van der Waals surface area contributed by atoms with Crippen LogP contribution in [0.25, 0.3) is 0 Å². The predicted molar refractivity (Wildman–Crippen MR) is 73.0 cm³/mol. The molecule has 1 saturated heterocycles. The summed E-state index contributed by atoms with van der Waals surface area (Å²) in [5.41, 5.74) is 0.978. The summed E-state index contributed by atoms with van der Waals surface area (Å²) < 4.78 is 32.4. The van der Waals surface area contributed by atoms with E-state index in [9.17, 15) is 8.78 Å². The van der Waals surface area contributed by atoms with Crippen LogP contribution in [-0.2, 0) is 6.54 Å². The summed E-state index contributed by atoms with van der Waals surface area (Å²) in [5, 5.41) is 0. The maximum absolute atomic E-state index is 13.1. The zero-order valence-electron chi connectivity index (χ0n) is 10.1. The first-order valence-electron chi connectivity index (χ1n) is 5.79. The van der Waals surface area contributed by atoms with Crippen LogP contribution in [0.2, 0.25) is 0 Å². The van der Waals surface area contributed by atoms with Crippen LogP contribution in [0.4, 0.5) is 8.78 Å². The Balaban J connectivity index is 2.06. The SMILES string of the molecule is COc1nccc(I)c1CN1CCC(F)(F)CC1. The van der Waals surface area contributed by atoms with Crippen LogP contribution in [-0.4, -0.2) is 36.0 Å². The molecule has 0 unspecified atom stereocenters. The zero-order valence-corrected chi connectivity index (χ0v) is 12.3. The number of hydrogen-bond acceptors (Lipinski definition) is 3. The first-order chi connectivity index (χ1) is 8.52. The smallest absolute Gasteiger partial charge is 0.250 e. The van der Waals surface area contributed by atoms with Gasteiger partial charge in [-0.05, 0) is 28.7 Å². The standard InChI is InChI=1S/C12H15F2IN2O/c1-18-11-9(10(15)2-5-16-11)8-17-6-3-12(13,14)4-7-17/h2,5H,3-4,6-8H2,1H3. The minimum atomic E-state index is -2.50. The molecule has 0 N–H and O–H groups in total. The van der Waals surface area contributed by atoms with Gasteiger partial charge in [0.05, 0.1) is 7.11 Å². The molecule has 0 atom stereocenters. The molecule has 1 aromatic heterocycles. The average Bonchev–Trinajstić information content (AvgIpc) is 2.34. The molecular weight excluding hydrogens is 353 g/mol. The Labute approximate surface area is 119 Å². The number of likely N-dealkylation sites (tertiary alicyclic amines) is 1. The van der Waals surface area contributed by atoms with Crippen molar-refractivity contribution in [3.63, 3.8) is 0 Å². The number of methoxy groups -OCH3 is 1. The number of nitrogens with zero attached hydrogens (tertiary/aromatic N) is 2. The molecular formula is C12H15F2IN2O. The van der Waals surface area contributed by atoms with E-state index < -0.39 is 5.92 Å². The van der Waals surface area contributed by atoms with Crippen molar-refractivity contribution in [1.29, 1.82) is 0 Å². The van der Waals surface area contributed by atoms with Crippen LogP contribution >= 0.6 is 22.6 Å². The summed E-state index contributed by atoms with van der Waals surface area (Å²) in [7, 11) is 1.58. The van der Waals surface area contributed by atoms with Gasteiger partial charge in [0, 0.05) is 47.8 Å². The summed E-state index contributed by atoms with van der Waals surface area (Å²) >= 11 is 2.22. The summed E-state index contributed by atoms with van der Waals surface area (Å²) in [5.74, 6) is -1.91. The Hall–Kier alpha value is -0.500. The number of hydrogen-bond donors (Lipinski definition) is 0. The monoisotopic (exact) mass is 368 g/mol. The number of ether oxygens (including phenoxy) is 1.